The lowest BCUT2D eigenvalue weighted by molar-refractivity contribution is -0.117. The van der Waals surface area contributed by atoms with Crippen LogP contribution in [-0.4, -0.2) is 25.5 Å². The molecule has 0 aliphatic carbocycles. The van der Waals surface area contributed by atoms with E-state index >= 15 is 0 Å². The number of nitrogens with two attached hydrogens (primary N) is 1. The summed E-state index contributed by atoms with van der Waals surface area (Å²) in [6, 6.07) is -0.114. The smallest absolute Gasteiger partial charge is 0.266 e. The Kier molecular flexibility index (Phi) is 5.12. The van der Waals surface area contributed by atoms with Gasteiger partial charge in [-0.15, -0.1) is 0 Å². The van der Waals surface area contributed by atoms with Gasteiger partial charge in [0.2, 0.25) is 0 Å². The van der Waals surface area contributed by atoms with E-state index in [9.17, 15) is 4.79 Å². The number of amides is 1. The van der Waals surface area contributed by atoms with E-state index in [4.69, 9.17) is 5.73 Å². The summed E-state index contributed by atoms with van der Waals surface area (Å²) in [5.41, 5.74) is 6.06. The standard InChI is InChI=1S/C8H17N3O/c1-4-11-7(5-6(2)9)8(12)10-3/h5-6,11H,4,9H2,1-3H3,(H,10,12)/b7-5-. The monoisotopic (exact) mass is 171 g/mol. The van der Waals surface area contributed by atoms with Crippen molar-refractivity contribution in [3.8, 4) is 0 Å². The summed E-state index contributed by atoms with van der Waals surface area (Å²) in [6.07, 6.45) is 1.70. The summed E-state index contributed by atoms with van der Waals surface area (Å²) in [5.74, 6) is -0.130. The minimum atomic E-state index is -0.130. The summed E-state index contributed by atoms with van der Waals surface area (Å²) >= 11 is 0. The molecule has 0 aliphatic heterocycles. The molecule has 0 spiro atoms. The first-order valence-corrected chi connectivity index (χ1v) is 4.05. The Balaban J connectivity index is 4.31. The van der Waals surface area contributed by atoms with Crippen molar-refractivity contribution in [3.63, 3.8) is 0 Å². The largest absolute Gasteiger partial charge is 0.381 e. The van der Waals surface area contributed by atoms with Crippen LogP contribution in [0.3, 0.4) is 0 Å². The number of hydrogen-bond acceptors (Lipinski definition) is 3. The van der Waals surface area contributed by atoms with Crippen molar-refractivity contribution >= 4 is 5.91 Å². The second-order valence-electron chi connectivity index (χ2n) is 2.55. The zero-order chi connectivity index (χ0) is 9.56. The average Bonchev–Trinajstić information content (AvgIpc) is 2.01. The first-order valence-electron chi connectivity index (χ1n) is 4.05. The Bertz CT molecular complexity index is 175. The van der Waals surface area contributed by atoms with Gasteiger partial charge in [0.25, 0.3) is 5.91 Å². The maximum Gasteiger partial charge on any atom is 0.266 e. The lowest BCUT2D eigenvalue weighted by Crippen LogP contribution is -2.31. The number of hydrogen-bond donors (Lipinski definition) is 3. The molecule has 0 aliphatic rings. The zero-order valence-corrected chi connectivity index (χ0v) is 7.85. The molecule has 1 unspecified atom stereocenters. The number of carbonyl (C=O) groups excluding carboxylic acids is 1. The van der Waals surface area contributed by atoms with Crippen LogP contribution in [0.4, 0.5) is 0 Å². The van der Waals surface area contributed by atoms with Gasteiger partial charge in [-0.3, -0.25) is 4.79 Å². The third-order valence-corrected chi connectivity index (χ3v) is 1.27. The van der Waals surface area contributed by atoms with Crippen molar-refractivity contribution in [2.24, 2.45) is 5.73 Å². The van der Waals surface area contributed by atoms with Gasteiger partial charge in [-0.1, -0.05) is 0 Å². The quantitative estimate of drug-likeness (QED) is 0.503. The van der Waals surface area contributed by atoms with Gasteiger partial charge < -0.3 is 16.4 Å². The number of likely N-dealkylation sites (N-methyl/N-ethyl adjacent to an activating group) is 2. The molecule has 0 rings (SSSR count). The molecule has 0 bridgehead atoms. The summed E-state index contributed by atoms with van der Waals surface area (Å²) < 4.78 is 0. The van der Waals surface area contributed by atoms with E-state index in [-0.39, 0.29) is 11.9 Å². The molecule has 0 fully saturated rings. The number of nitrogens with one attached hydrogen (secondary N) is 2. The highest BCUT2D eigenvalue weighted by Crippen LogP contribution is 1.91. The third kappa shape index (κ3) is 3.98. The van der Waals surface area contributed by atoms with E-state index in [1.54, 1.807) is 13.1 Å². The van der Waals surface area contributed by atoms with E-state index < -0.39 is 0 Å². The third-order valence-electron chi connectivity index (χ3n) is 1.27. The topological polar surface area (TPSA) is 67.1 Å². The lowest BCUT2D eigenvalue weighted by atomic mass is 10.2. The summed E-state index contributed by atoms with van der Waals surface area (Å²) in [5, 5.41) is 5.46. The van der Waals surface area contributed by atoms with Crippen LogP contribution in [0.1, 0.15) is 13.8 Å². The minimum Gasteiger partial charge on any atom is -0.381 e. The second kappa shape index (κ2) is 5.60. The fraction of sp³-hybridized carbons (Fsp3) is 0.625. The molecule has 1 amide bonds. The molecular weight excluding hydrogens is 154 g/mol. The van der Waals surface area contributed by atoms with Crippen LogP contribution in [-0.2, 0) is 4.79 Å². The van der Waals surface area contributed by atoms with E-state index in [1.807, 2.05) is 13.8 Å². The van der Waals surface area contributed by atoms with Crippen LogP contribution >= 0.6 is 0 Å². The molecule has 0 heterocycles. The Morgan fingerprint density at radius 3 is 2.58 bits per heavy atom. The van der Waals surface area contributed by atoms with Crippen molar-refractivity contribution in [1.82, 2.24) is 10.6 Å². The van der Waals surface area contributed by atoms with Crippen molar-refractivity contribution < 1.29 is 4.79 Å². The van der Waals surface area contributed by atoms with Crippen LogP contribution in [0.5, 0.6) is 0 Å². The molecule has 70 valence electrons. The van der Waals surface area contributed by atoms with E-state index in [2.05, 4.69) is 10.6 Å². The fourth-order valence-electron chi connectivity index (χ4n) is 0.803. The zero-order valence-electron chi connectivity index (χ0n) is 7.85. The highest BCUT2D eigenvalue weighted by Gasteiger charge is 2.05. The molecule has 4 N–H and O–H groups in total. The van der Waals surface area contributed by atoms with Crippen LogP contribution in [0.25, 0.3) is 0 Å². The molecule has 12 heavy (non-hydrogen) atoms. The van der Waals surface area contributed by atoms with Gasteiger partial charge in [-0.05, 0) is 19.9 Å². The lowest BCUT2D eigenvalue weighted by Gasteiger charge is -2.08. The molecule has 0 aromatic rings. The summed E-state index contributed by atoms with van der Waals surface area (Å²) in [7, 11) is 1.59. The van der Waals surface area contributed by atoms with Gasteiger partial charge in [0.15, 0.2) is 0 Å². The van der Waals surface area contributed by atoms with Crippen LogP contribution in [0.2, 0.25) is 0 Å². The first kappa shape index (κ1) is 11.0. The van der Waals surface area contributed by atoms with Crippen molar-refractivity contribution in [2.45, 2.75) is 19.9 Å². The number of rotatable bonds is 4. The molecule has 0 aromatic carbocycles. The molecular formula is C8H17N3O. The molecule has 0 saturated carbocycles. The molecule has 1 atom stereocenters. The van der Waals surface area contributed by atoms with Crippen LogP contribution < -0.4 is 16.4 Å². The van der Waals surface area contributed by atoms with Gasteiger partial charge in [-0.2, -0.15) is 0 Å². The minimum absolute atomic E-state index is 0.114. The van der Waals surface area contributed by atoms with E-state index in [0.717, 1.165) is 0 Å². The van der Waals surface area contributed by atoms with Gasteiger partial charge in [-0.25, -0.2) is 0 Å². The van der Waals surface area contributed by atoms with Crippen molar-refractivity contribution in [3.05, 3.63) is 11.8 Å². The van der Waals surface area contributed by atoms with E-state index in [0.29, 0.717) is 12.2 Å². The first-order chi connectivity index (χ1) is 5.61. The second-order valence-corrected chi connectivity index (χ2v) is 2.55. The SMILES string of the molecule is CCN/C(=C\C(C)N)C(=O)NC. The number of carbonyl (C=O) groups is 1. The van der Waals surface area contributed by atoms with Gasteiger partial charge in [0.05, 0.1) is 5.70 Å². The maximum absolute atomic E-state index is 11.1. The fourth-order valence-corrected chi connectivity index (χ4v) is 0.803. The van der Waals surface area contributed by atoms with Crippen LogP contribution in [0, 0.1) is 0 Å². The van der Waals surface area contributed by atoms with Crippen LogP contribution in [0.15, 0.2) is 11.8 Å². The Labute approximate surface area is 73.2 Å². The Morgan fingerprint density at radius 2 is 2.25 bits per heavy atom. The predicted octanol–water partition coefficient (Wildman–Crippen LogP) is -0.427. The molecule has 4 heteroatoms. The normalized spacial score (nSPS) is 13.8. The van der Waals surface area contributed by atoms with Gasteiger partial charge >= 0.3 is 0 Å². The Hall–Kier alpha value is -1.03. The molecule has 0 radical (unpaired) electrons. The van der Waals surface area contributed by atoms with Crippen molar-refractivity contribution in [2.75, 3.05) is 13.6 Å². The highest BCUT2D eigenvalue weighted by atomic mass is 16.1. The summed E-state index contributed by atoms with van der Waals surface area (Å²) in [4.78, 5) is 11.1. The Morgan fingerprint density at radius 1 is 1.67 bits per heavy atom. The average molecular weight is 171 g/mol. The maximum atomic E-state index is 11.1. The van der Waals surface area contributed by atoms with Gasteiger partial charge in [0, 0.05) is 19.6 Å². The highest BCUT2D eigenvalue weighted by molar-refractivity contribution is 5.92. The van der Waals surface area contributed by atoms with Gasteiger partial charge in [0.1, 0.15) is 0 Å². The summed E-state index contributed by atoms with van der Waals surface area (Å²) in [6.45, 7) is 4.46. The van der Waals surface area contributed by atoms with Crippen molar-refractivity contribution in [1.29, 1.82) is 0 Å². The molecule has 0 aromatic heterocycles. The molecule has 0 saturated heterocycles. The van der Waals surface area contributed by atoms with E-state index in [1.165, 1.54) is 0 Å². The molecule has 4 nitrogen and oxygen atoms in total. The predicted molar refractivity (Wildman–Crippen MR) is 49.5 cm³/mol.